The molecule has 1 heterocycles. The minimum atomic E-state index is -3.46. The van der Waals surface area contributed by atoms with Crippen molar-refractivity contribution in [1.82, 2.24) is 4.98 Å². The van der Waals surface area contributed by atoms with Crippen LogP contribution in [0.3, 0.4) is 0 Å². The maximum absolute atomic E-state index is 13.9. The van der Waals surface area contributed by atoms with Gasteiger partial charge in [0.1, 0.15) is 11.6 Å². The van der Waals surface area contributed by atoms with Gasteiger partial charge in [0.15, 0.2) is 9.84 Å². The number of halogens is 2. The van der Waals surface area contributed by atoms with Crippen LogP contribution in [0.2, 0.25) is 0 Å². The van der Waals surface area contributed by atoms with Gasteiger partial charge in [-0.15, -0.1) is 0 Å². The summed E-state index contributed by atoms with van der Waals surface area (Å²) in [5.74, 6) is -1.05. The number of rotatable bonds is 2. The van der Waals surface area contributed by atoms with E-state index in [0.29, 0.717) is 0 Å². The van der Waals surface area contributed by atoms with Crippen LogP contribution in [-0.2, 0) is 9.84 Å². The van der Waals surface area contributed by atoms with Crippen molar-refractivity contribution in [3.05, 3.63) is 47.1 Å². The van der Waals surface area contributed by atoms with E-state index in [1.54, 1.807) is 0 Å². The Kier molecular flexibility index (Phi) is 3.64. The molecule has 0 amide bonds. The Balaban J connectivity index is 2.60. The van der Waals surface area contributed by atoms with Crippen molar-refractivity contribution in [2.75, 3.05) is 6.26 Å². The van der Waals surface area contributed by atoms with Crippen LogP contribution in [0.4, 0.5) is 4.39 Å². The lowest BCUT2D eigenvalue weighted by molar-refractivity contribution is 0.416. The Bertz CT molecular complexity index is 695. The Morgan fingerprint density at radius 2 is 2.11 bits per heavy atom. The molecule has 4 nitrogen and oxygen atoms in total. The summed E-state index contributed by atoms with van der Waals surface area (Å²) in [5, 5.41) is 9.67. The summed E-state index contributed by atoms with van der Waals surface area (Å²) in [4.78, 5) is 3.69. The highest BCUT2D eigenvalue weighted by atomic mass is 35.5. The summed E-state index contributed by atoms with van der Waals surface area (Å²) in [6.45, 7) is 0. The molecule has 101 valence electrons. The lowest BCUT2D eigenvalue weighted by Gasteiger charge is -2.15. The highest BCUT2D eigenvalue weighted by Gasteiger charge is 2.23. The maximum Gasteiger partial charge on any atom is 0.177 e. The highest BCUT2D eigenvalue weighted by Crippen LogP contribution is 2.37. The van der Waals surface area contributed by atoms with E-state index >= 15 is 0 Å². The average Bonchev–Trinajstić information content (AvgIpc) is 2.34. The Morgan fingerprint density at radius 1 is 1.42 bits per heavy atom. The minimum absolute atomic E-state index is 0.0439. The van der Waals surface area contributed by atoms with Gasteiger partial charge in [0.25, 0.3) is 0 Å². The second-order valence-electron chi connectivity index (χ2n) is 4.07. The third kappa shape index (κ3) is 2.79. The number of aliphatic hydroxyl groups excluding tert-OH is 1. The van der Waals surface area contributed by atoms with Gasteiger partial charge < -0.3 is 5.11 Å². The fraction of sp³-hybridized carbons (Fsp3) is 0.167. The van der Waals surface area contributed by atoms with Gasteiger partial charge >= 0.3 is 0 Å². The van der Waals surface area contributed by atoms with E-state index in [2.05, 4.69) is 4.98 Å². The van der Waals surface area contributed by atoms with Crippen LogP contribution in [0.25, 0.3) is 5.57 Å². The normalized spacial score (nSPS) is 17.0. The molecule has 0 saturated heterocycles. The van der Waals surface area contributed by atoms with E-state index in [1.807, 2.05) is 0 Å². The molecule has 1 aliphatic rings. The molecular formula is C12H10ClFNO3S. The SMILES string of the molecule is CS(=O)(=O)c1cncc(C2=C(O)[CH]CC(Cl)=C2F)c1. The number of nitrogens with zero attached hydrogens (tertiary/aromatic N) is 1. The molecule has 0 bridgehead atoms. The van der Waals surface area contributed by atoms with Gasteiger partial charge in [0.05, 0.1) is 15.5 Å². The number of aromatic nitrogens is 1. The molecule has 1 aromatic rings. The van der Waals surface area contributed by atoms with Crippen LogP contribution in [0.5, 0.6) is 0 Å². The van der Waals surface area contributed by atoms with Gasteiger partial charge in [-0.05, 0) is 12.5 Å². The number of sulfone groups is 1. The smallest absolute Gasteiger partial charge is 0.177 e. The second kappa shape index (κ2) is 4.94. The molecule has 0 unspecified atom stereocenters. The molecule has 0 fully saturated rings. The van der Waals surface area contributed by atoms with Crippen LogP contribution < -0.4 is 0 Å². The molecule has 1 aromatic heterocycles. The topological polar surface area (TPSA) is 67.3 Å². The third-order valence-corrected chi connectivity index (χ3v) is 4.02. The van der Waals surface area contributed by atoms with E-state index in [0.717, 1.165) is 12.5 Å². The molecule has 1 N–H and O–H groups in total. The zero-order valence-corrected chi connectivity index (χ0v) is 11.5. The second-order valence-corrected chi connectivity index (χ2v) is 6.54. The van der Waals surface area contributed by atoms with Gasteiger partial charge in [0, 0.05) is 30.6 Å². The Hall–Kier alpha value is -1.40. The first-order valence-electron chi connectivity index (χ1n) is 5.27. The zero-order chi connectivity index (χ0) is 14.2. The van der Waals surface area contributed by atoms with E-state index < -0.39 is 15.7 Å². The molecule has 0 atom stereocenters. The Morgan fingerprint density at radius 3 is 2.74 bits per heavy atom. The van der Waals surface area contributed by atoms with Gasteiger partial charge in [-0.3, -0.25) is 4.98 Å². The summed E-state index contributed by atoms with van der Waals surface area (Å²) in [6.07, 6.45) is 4.90. The number of pyridine rings is 1. The van der Waals surface area contributed by atoms with Crippen molar-refractivity contribution in [2.45, 2.75) is 11.3 Å². The van der Waals surface area contributed by atoms with Crippen molar-refractivity contribution < 1.29 is 17.9 Å². The molecule has 1 aliphatic carbocycles. The van der Waals surface area contributed by atoms with E-state index in [9.17, 15) is 17.9 Å². The quantitative estimate of drug-likeness (QED) is 0.912. The third-order valence-electron chi connectivity index (χ3n) is 2.62. The fourth-order valence-corrected chi connectivity index (χ4v) is 2.42. The molecule has 0 saturated carbocycles. The summed E-state index contributed by atoms with van der Waals surface area (Å²) >= 11 is 5.70. The molecule has 19 heavy (non-hydrogen) atoms. The number of hydrogen-bond donors (Lipinski definition) is 1. The largest absolute Gasteiger partial charge is 0.511 e. The van der Waals surface area contributed by atoms with Crippen LogP contribution in [-0.4, -0.2) is 24.8 Å². The summed E-state index contributed by atoms with van der Waals surface area (Å²) < 4.78 is 36.8. The molecule has 2 rings (SSSR count). The van der Waals surface area contributed by atoms with Crippen molar-refractivity contribution in [3.8, 4) is 0 Å². The maximum atomic E-state index is 13.9. The molecule has 1 radical (unpaired) electrons. The van der Waals surface area contributed by atoms with Crippen LogP contribution in [0, 0.1) is 6.42 Å². The lowest BCUT2D eigenvalue weighted by atomic mass is 9.98. The monoisotopic (exact) mass is 302 g/mol. The first-order valence-corrected chi connectivity index (χ1v) is 7.54. The van der Waals surface area contributed by atoms with Crippen molar-refractivity contribution in [1.29, 1.82) is 0 Å². The predicted octanol–water partition coefficient (Wildman–Crippen LogP) is 2.78. The number of aliphatic hydroxyl groups is 1. The van der Waals surface area contributed by atoms with Crippen LogP contribution in [0.1, 0.15) is 12.0 Å². The zero-order valence-electron chi connectivity index (χ0n) is 9.89. The summed E-state index contributed by atoms with van der Waals surface area (Å²) in [6, 6.07) is 1.25. The minimum Gasteiger partial charge on any atom is -0.511 e. The summed E-state index contributed by atoms with van der Waals surface area (Å²) in [7, 11) is -3.46. The van der Waals surface area contributed by atoms with E-state index in [1.165, 1.54) is 18.7 Å². The average molecular weight is 303 g/mol. The molecule has 0 aromatic carbocycles. The first-order chi connectivity index (χ1) is 8.80. The van der Waals surface area contributed by atoms with Crippen LogP contribution in [0.15, 0.2) is 40.0 Å². The van der Waals surface area contributed by atoms with Gasteiger partial charge in [0.2, 0.25) is 0 Å². The molecule has 7 heteroatoms. The summed E-state index contributed by atoms with van der Waals surface area (Å²) in [5.41, 5.74) is 0.0151. The van der Waals surface area contributed by atoms with E-state index in [-0.39, 0.29) is 33.2 Å². The Labute approximate surface area is 115 Å². The van der Waals surface area contributed by atoms with Crippen LogP contribution >= 0.6 is 11.6 Å². The molecule has 0 spiro atoms. The van der Waals surface area contributed by atoms with Crippen molar-refractivity contribution in [3.63, 3.8) is 0 Å². The van der Waals surface area contributed by atoms with Gasteiger partial charge in [-0.1, -0.05) is 11.6 Å². The first kappa shape index (κ1) is 14.0. The van der Waals surface area contributed by atoms with Crippen molar-refractivity contribution in [2.24, 2.45) is 0 Å². The number of hydrogen-bond acceptors (Lipinski definition) is 4. The van der Waals surface area contributed by atoms with E-state index in [4.69, 9.17) is 11.6 Å². The van der Waals surface area contributed by atoms with Gasteiger partial charge in [-0.2, -0.15) is 0 Å². The van der Waals surface area contributed by atoms with Gasteiger partial charge in [-0.25, -0.2) is 12.8 Å². The highest BCUT2D eigenvalue weighted by molar-refractivity contribution is 7.90. The molecular weight excluding hydrogens is 293 g/mol. The number of allylic oxidation sites excluding steroid dienone is 4. The fourth-order valence-electron chi connectivity index (χ4n) is 1.66. The molecule has 0 aliphatic heterocycles. The standard InChI is InChI=1S/C12H10ClFNO3S/c1-19(17,18)8-4-7(5-15-6-8)11-10(16)3-2-9(13)12(11)14/h3-6,16H,2H2,1H3. The predicted molar refractivity (Wildman–Crippen MR) is 69.8 cm³/mol. The van der Waals surface area contributed by atoms with Crippen molar-refractivity contribution >= 4 is 27.0 Å². The lowest BCUT2D eigenvalue weighted by Crippen LogP contribution is -2.04.